The van der Waals surface area contributed by atoms with Gasteiger partial charge in [0.05, 0.1) is 0 Å². The van der Waals surface area contributed by atoms with Gasteiger partial charge in [0.1, 0.15) is 0 Å². The molecule has 247 valence electrons. The van der Waals surface area contributed by atoms with E-state index >= 15 is 0 Å². The van der Waals surface area contributed by atoms with Crippen LogP contribution in [0.5, 0.6) is 0 Å². The van der Waals surface area contributed by atoms with E-state index in [-0.39, 0.29) is 25.7 Å². The molecule has 2 heterocycles. The maximum Gasteiger partial charge on any atom is 0.0322 e. The molecule has 0 aliphatic heterocycles. The van der Waals surface area contributed by atoms with E-state index in [2.05, 4.69) is 22.1 Å². The molecule has 6 aromatic rings. The Hall–Kier alpha value is -4.17. The van der Waals surface area contributed by atoms with Crippen LogP contribution < -0.4 is 0 Å². The normalized spacial score (nSPS) is 14.2. The summed E-state index contributed by atoms with van der Waals surface area (Å²) in [4.78, 5) is 8.88. The third-order valence-electron chi connectivity index (χ3n) is 7.08. The minimum Gasteiger partial charge on any atom is -0.305 e. The molecule has 0 spiro atoms. The van der Waals surface area contributed by atoms with Crippen molar-refractivity contribution in [2.24, 2.45) is 10.8 Å². The number of pyridine rings is 2. The molecule has 0 saturated heterocycles. The Bertz CT molecular complexity index is 2150. The van der Waals surface area contributed by atoms with Gasteiger partial charge in [-0.3, -0.25) is 0 Å². The van der Waals surface area contributed by atoms with Crippen molar-refractivity contribution in [3.63, 3.8) is 0 Å². The summed E-state index contributed by atoms with van der Waals surface area (Å²) < 4.78 is 57.1. The molecule has 0 aliphatic carbocycles. The van der Waals surface area contributed by atoms with Gasteiger partial charge in [-0.1, -0.05) is 127 Å². The molecule has 0 saturated carbocycles. The second kappa shape index (κ2) is 16.3. The zero-order valence-corrected chi connectivity index (χ0v) is 30.7. The van der Waals surface area contributed by atoms with E-state index < -0.39 is 30.4 Å². The van der Waals surface area contributed by atoms with Crippen LogP contribution in [-0.4, -0.2) is 9.97 Å². The average Bonchev–Trinajstić information content (AvgIpc) is 3.14. The van der Waals surface area contributed by atoms with Gasteiger partial charge in [0, 0.05) is 42.1 Å². The topological polar surface area (TPSA) is 25.8 Å². The zero-order chi connectivity index (χ0) is 39.5. The molecule has 48 heavy (non-hydrogen) atoms. The van der Waals surface area contributed by atoms with Gasteiger partial charge in [-0.2, -0.15) is 0 Å². The molecule has 0 unspecified atom stereocenters. The molecular formula is C45H46IrN2-2. The van der Waals surface area contributed by atoms with Gasteiger partial charge in [0.15, 0.2) is 0 Å². The fourth-order valence-electron chi connectivity index (χ4n) is 5.05. The second-order valence-electron chi connectivity index (χ2n) is 13.5. The third kappa shape index (κ3) is 10.7. The molecule has 1 radical (unpaired) electrons. The summed E-state index contributed by atoms with van der Waals surface area (Å²) in [6.07, 6.45) is 0.443. The van der Waals surface area contributed by atoms with E-state index in [4.69, 9.17) is 9.60 Å². The van der Waals surface area contributed by atoms with E-state index in [0.29, 0.717) is 27.9 Å². The molecule has 0 N–H and O–H groups in total. The standard InChI is InChI=1S/C23H24N.C22H22N.Ir/c1-17-10-12-20(14-21(17)19-8-6-5-7-9-19)22-13-11-18(16-24-22)15-23(2,3)4;1-22(2,3)16-17-9-11-18(12-10-17)20-13-14-23-21(15-20)19-7-5-4-6-8-19;/h5-11,13-14,16H,15H2,1-4H3;4-7,9-15H,16H2,1-3H3;/q2*-1;/i1D3,15D2;16D2;. The van der Waals surface area contributed by atoms with Crippen LogP contribution in [0.4, 0.5) is 0 Å². The average molecular weight is 814 g/mol. The van der Waals surface area contributed by atoms with Crippen LogP contribution in [0.3, 0.4) is 0 Å². The molecule has 4 aromatic carbocycles. The number of aryl methyl sites for hydroxylation is 1. The van der Waals surface area contributed by atoms with Gasteiger partial charge in [0.2, 0.25) is 0 Å². The quantitative estimate of drug-likeness (QED) is 0.157. The minimum absolute atomic E-state index is 0. The van der Waals surface area contributed by atoms with E-state index in [1.54, 1.807) is 30.6 Å². The molecule has 0 atom stereocenters. The van der Waals surface area contributed by atoms with Gasteiger partial charge < -0.3 is 9.97 Å². The first-order valence-corrected chi connectivity index (χ1v) is 15.8. The van der Waals surface area contributed by atoms with Crippen molar-refractivity contribution >= 4 is 0 Å². The first-order valence-electron chi connectivity index (χ1n) is 19.3. The summed E-state index contributed by atoms with van der Waals surface area (Å²) in [7, 11) is 0. The van der Waals surface area contributed by atoms with Crippen LogP contribution in [0.25, 0.3) is 44.8 Å². The summed E-state index contributed by atoms with van der Waals surface area (Å²) in [5.74, 6) is 0. The molecule has 0 aliphatic rings. The van der Waals surface area contributed by atoms with E-state index in [0.717, 1.165) is 27.9 Å². The number of nitrogens with zero attached hydrogens (tertiary/aromatic N) is 2. The van der Waals surface area contributed by atoms with Crippen molar-refractivity contribution in [2.45, 2.75) is 61.1 Å². The molecule has 6 rings (SSSR count). The summed E-state index contributed by atoms with van der Waals surface area (Å²) in [6, 6.07) is 41.9. The predicted molar refractivity (Wildman–Crippen MR) is 199 cm³/mol. The van der Waals surface area contributed by atoms with Crippen molar-refractivity contribution in [1.29, 1.82) is 0 Å². The van der Waals surface area contributed by atoms with Crippen molar-refractivity contribution in [3.8, 4) is 44.8 Å². The summed E-state index contributed by atoms with van der Waals surface area (Å²) >= 11 is 0. The second-order valence-corrected chi connectivity index (χ2v) is 13.5. The number of rotatable bonds is 6. The molecule has 2 aromatic heterocycles. The van der Waals surface area contributed by atoms with Crippen LogP contribution in [0.1, 0.15) is 67.8 Å². The third-order valence-corrected chi connectivity index (χ3v) is 7.08. The van der Waals surface area contributed by atoms with Gasteiger partial charge >= 0.3 is 0 Å². The maximum atomic E-state index is 8.39. The summed E-state index contributed by atoms with van der Waals surface area (Å²) in [5, 5.41) is 0. The number of hydrogen-bond acceptors (Lipinski definition) is 2. The van der Waals surface area contributed by atoms with Gasteiger partial charge in [-0.05, 0) is 68.8 Å². The Balaban J connectivity index is 0.000000243. The smallest absolute Gasteiger partial charge is 0.0322 e. The molecule has 0 fully saturated rings. The number of benzene rings is 4. The Morgan fingerprint density at radius 2 is 1.31 bits per heavy atom. The Labute approximate surface area is 311 Å². The van der Waals surface area contributed by atoms with E-state index in [1.165, 1.54) is 6.07 Å². The van der Waals surface area contributed by atoms with Crippen molar-refractivity contribution in [1.82, 2.24) is 9.97 Å². The molecule has 2 nitrogen and oxygen atoms in total. The largest absolute Gasteiger partial charge is 0.305 e. The van der Waals surface area contributed by atoms with Crippen molar-refractivity contribution in [3.05, 3.63) is 156 Å². The van der Waals surface area contributed by atoms with Crippen LogP contribution in [0.2, 0.25) is 0 Å². The maximum absolute atomic E-state index is 8.39. The van der Waals surface area contributed by atoms with Crippen LogP contribution >= 0.6 is 0 Å². The minimum atomic E-state index is -2.25. The fourth-order valence-corrected chi connectivity index (χ4v) is 5.05. The van der Waals surface area contributed by atoms with Crippen LogP contribution in [-0.2, 0) is 32.9 Å². The zero-order valence-electron chi connectivity index (χ0n) is 35.4. The number of aromatic nitrogens is 2. The summed E-state index contributed by atoms with van der Waals surface area (Å²) in [5.41, 5.74) is 7.11. The van der Waals surface area contributed by atoms with Gasteiger partial charge in [-0.25, -0.2) is 0 Å². The van der Waals surface area contributed by atoms with Gasteiger partial charge in [0.25, 0.3) is 0 Å². The van der Waals surface area contributed by atoms with Crippen molar-refractivity contribution < 1.29 is 29.7 Å². The Morgan fingerprint density at radius 3 is 1.94 bits per heavy atom. The summed E-state index contributed by atoms with van der Waals surface area (Å²) in [6.45, 7) is 9.09. The molecule has 3 heteroatoms. The van der Waals surface area contributed by atoms with Crippen LogP contribution in [0, 0.1) is 29.8 Å². The van der Waals surface area contributed by atoms with Crippen molar-refractivity contribution in [2.75, 3.05) is 0 Å². The van der Waals surface area contributed by atoms with Crippen LogP contribution in [0.15, 0.2) is 128 Å². The first kappa shape index (κ1) is 27.7. The van der Waals surface area contributed by atoms with E-state index in [9.17, 15) is 0 Å². The first-order chi connectivity index (χ1) is 25.2. The Kier molecular flexibility index (Phi) is 9.42. The fraction of sp³-hybridized carbons (Fsp3) is 0.244. The monoisotopic (exact) mass is 814 g/mol. The molecule has 0 bridgehead atoms. The van der Waals surface area contributed by atoms with Gasteiger partial charge in [-0.15, -0.1) is 65.2 Å². The molecular weight excluding hydrogens is 761 g/mol. The van der Waals surface area contributed by atoms with E-state index in [1.807, 2.05) is 133 Å². The number of hydrogen-bond donors (Lipinski definition) is 0. The predicted octanol–water partition coefficient (Wildman–Crippen LogP) is 11.9. The molecule has 0 amide bonds. The Morgan fingerprint density at radius 1 is 0.625 bits per heavy atom. The SMILES string of the molecule is [2H]C([2H])([2H])c1c[c-]c(-c2ccc(C([2H])([2H])C(C)(C)C)cn2)cc1-c1ccccc1.[2H]C([2H])(c1ccc(-c2ccnc(-c3[c-]cccc3)c2)cc1)C(C)(C)C.[Ir].